The van der Waals surface area contributed by atoms with Gasteiger partial charge in [-0.3, -0.25) is 4.68 Å². The zero-order valence-electron chi connectivity index (χ0n) is 18.1. The average molecular weight is 412 g/mol. The number of benzene rings is 1. The van der Waals surface area contributed by atoms with Gasteiger partial charge in [0.05, 0.1) is 13.2 Å². The predicted octanol–water partition coefficient (Wildman–Crippen LogP) is 3.38. The molecule has 0 saturated heterocycles. The van der Waals surface area contributed by atoms with Crippen LogP contribution in [-0.4, -0.2) is 57.6 Å². The number of carboxylic acid groups (broad SMARTS) is 1. The Bertz CT molecular complexity index is 1060. The first kappa shape index (κ1) is 21.5. The fraction of sp³-hybridized carbons (Fsp3) is 0.429. The van der Waals surface area contributed by atoms with Crippen LogP contribution >= 0.6 is 0 Å². The van der Waals surface area contributed by atoms with Crippen molar-refractivity contribution in [3.63, 3.8) is 0 Å². The quantitative estimate of drug-likeness (QED) is 0.515. The SMILES string of the molecule is CCOCCn1nc(C(=O)O)c2nc(N(C)CC)nc(Nc3ccc(C)c(C)c3)c21. The normalized spacial score (nSPS) is 11.1. The number of rotatable bonds is 9. The van der Waals surface area contributed by atoms with Gasteiger partial charge in [0, 0.05) is 25.9 Å². The molecule has 0 aliphatic carbocycles. The van der Waals surface area contributed by atoms with Gasteiger partial charge in [0.2, 0.25) is 5.95 Å². The van der Waals surface area contributed by atoms with Crippen molar-refractivity contribution in [3.8, 4) is 0 Å². The van der Waals surface area contributed by atoms with Gasteiger partial charge in [0.25, 0.3) is 0 Å². The highest BCUT2D eigenvalue weighted by Gasteiger charge is 2.23. The Kier molecular flexibility index (Phi) is 6.51. The first-order valence-electron chi connectivity index (χ1n) is 10.0. The summed E-state index contributed by atoms with van der Waals surface area (Å²) >= 11 is 0. The van der Waals surface area contributed by atoms with E-state index < -0.39 is 5.97 Å². The number of hydrogen-bond donors (Lipinski definition) is 2. The van der Waals surface area contributed by atoms with E-state index in [4.69, 9.17) is 4.74 Å². The molecule has 160 valence electrons. The number of nitrogens with zero attached hydrogens (tertiary/aromatic N) is 5. The number of anilines is 3. The van der Waals surface area contributed by atoms with Crippen molar-refractivity contribution in [2.75, 3.05) is 37.0 Å². The van der Waals surface area contributed by atoms with E-state index in [-0.39, 0.29) is 5.69 Å². The number of ether oxygens (including phenoxy) is 1. The number of aromatic carboxylic acids is 1. The minimum atomic E-state index is -1.13. The van der Waals surface area contributed by atoms with Gasteiger partial charge >= 0.3 is 5.97 Å². The first-order valence-corrected chi connectivity index (χ1v) is 10.0. The van der Waals surface area contributed by atoms with Crippen LogP contribution in [0.4, 0.5) is 17.5 Å². The molecular formula is C21H28N6O3. The standard InChI is InChI=1S/C21H28N6O3/c1-6-26(5)21-23-16-17(20(28)29)25-27(10-11-30-7-2)18(16)19(24-21)22-15-9-8-13(3)14(4)12-15/h8-9,12H,6-7,10-11H2,1-5H3,(H,28,29)(H,22,23,24). The van der Waals surface area contributed by atoms with Crippen LogP contribution in [0, 0.1) is 13.8 Å². The number of aromatic nitrogens is 4. The van der Waals surface area contributed by atoms with Crippen LogP contribution in [0.25, 0.3) is 11.0 Å². The minimum Gasteiger partial charge on any atom is -0.476 e. The molecule has 9 heteroatoms. The molecule has 1 aromatic carbocycles. The van der Waals surface area contributed by atoms with Crippen LogP contribution in [0.2, 0.25) is 0 Å². The lowest BCUT2D eigenvalue weighted by Gasteiger charge is -2.17. The first-order chi connectivity index (χ1) is 14.3. The number of nitrogens with one attached hydrogen (secondary N) is 1. The predicted molar refractivity (Wildman–Crippen MR) is 117 cm³/mol. The number of hydrogen-bond acceptors (Lipinski definition) is 7. The highest BCUT2D eigenvalue weighted by Crippen LogP contribution is 2.29. The van der Waals surface area contributed by atoms with Crippen molar-refractivity contribution in [2.45, 2.75) is 34.2 Å². The van der Waals surface area contributed by atoms with Crippen LogP contribution < -0.4 is 10.2 Å². The molecule has 2 N–H and O–H groups in total. The zero-order chi connectivity index (χ0) is 21.8. The second-order valence-electron chi connectivity index (χ2n) is 7.08. The van der Waals surface area contributed by atoms with E-state index in [0.29, 0.717) is 49.1 Å². The fourth-order valence-corrected chi connectivity index (χ4v) is 3.03. The van der Waals surface area contributed by atoms with E-state index in [1.807, 2.05) is 50.9 Å². The molecule has 0 fully saturated rings. The highest BCUT2D eigenvalue weighted by atomic mass is 16.5. The van der Waals surface area contributed by atoms with Crippen LogP contribution in [-0.2, 0) is 11.3 Å². The van der Waals surface area contributed by atoms with Crippen molar-refractivity contribution in [1.82, 2.24) is 19.7 Å². The Morgan fingerprint density at radius 1 is 1.23 bits per heavy atom. The maximum absolute atomic E-state index is 11.9. The van der Waals surface area contributed by atoms with Gasteiger partial charge in [-0.1, -0.05) is 6.07 Å². The number of carboxylic acids is 1. The third-order valence-electron chi connectivity index (χ3n) is 5.01. The smallest absolute Gasteiger partial charge is 0.358 e. The molecule has 30 heavy (non-hydrogen) atoms. The van der Waals surface area contributed by atoms with Crippen LogP contribution in [0.5, 0.6) is 0 Å². The van der Waals surface area contributed by atoms with Gasteiger partial charge in [-0.2, -0.15) is 10.1 Å². The number of carbonyl (C=O) groups is 1. The monoisotopic (exact) mass is 412 g/mol. The van der Waals surface area contributed by atoms with E-state index >= 15 is 0 Å². The summed E-state index contributed by atoms with van der Waals surface area (Å²) in [6, 6.07) is 6.04. The van der Waals surface area contributed by atoms with Crippen molar-refractivity contribution in [1.29, 1.82) is 0 Å². The average Bonchev–Trinajstić information content (AvgIpc) is 3.09. The van der Waals surface area contributed by atoms with Crippen LogP contribution in [0.3, 0.4) is 0 Å². The molecule has 0 aliphatic heterocycles. The molecular weight excluding hydrogens is 384 g/mol. The lowest BCUT2D eigenvalue weighted by Crippen LogP contribution is -2.19. The molecule has 3 rings (SSSR count). The van der Waals surface area contributed by atoms with Gasteiger partial charge < -0.3 is 20.1 Å². The summed E-state index contributed by atoms with van der Waals surface area (Å²) in [4.78, 5) is 22.9. The largest absolute Gasteiger partial charge is 0.476 e. The summed E-state index contributed by atoms with van der Waals surface area (Å²) in [5, 5.41) is 17.3. The van der Waals surface area contributed by atoms with E-state index in [2.05, 4.69) is 27.3 Å². The topological polar surface area (TPSA) is 105 Å². The van der Waals surface area contributed by atoms with Crippen molar-refractivity contribution in [3.05, 3.63) is 35.0 Å². The molecule has 3 aromatic rings. The summed E-state index contributed by atoms with van der Waals surface area (Å²) < 4.78 is 7.05. The Morgan fingerprint density at radius 2 is 2.00 bits per heavy atom. The molecule has 0 saturated carbocycles. The molecule has 9 nitrogen and oxygen atoms in total. The molecule has 2 aromatic heterocycles. The molecule has 0 radical (unpaired) electrons. The molecule has 2 heterocycles. The van der Waals surface area contributed by atoms with Gasteiger partial charge in [-0.15, -0.1) is 0 Å². The molecule has 0 spiro atoms. The van der Waals surface area contributed by atoms with Gasteiger partial charge in [0.15, 0.2) is 11.5 Å². The van der Waals surface area contributed by atoms with E-state index in [1.54, 1.807) is 4.68 Å². The second kappa shape index (κ2) is 9.08. The Hall–Kier alpha value is -3.20. The lowest BCUT2D eigenvalue weighted by molar-refractivity contribution is 0.0690. The van der Waals surface area contributed by atoms with Crippen LogP contribution in [0.15, 0.2) is 18.2 Å². The Labute approximate surface area is 175 Å². The van der Waals surface area contributed by atoms with Gasteiger partial charge in [-0.25, -0.2) is 9.78 Å². The lowest BCUT2D eigenvalue weighted by atomic mass is 10.1. The number of aryl methyl sites for hydroxylation is 2. The summed E-state index contributed by atoms with van der Waals surface area (Å²) in [6.07, 6.45) is 0. The third kappa shape index (κ3) is 4.35. The second-order valence-corrected chi connectivity index (χ2v) is 7.08. The third-order valence-corrected chi connectivity index (χ3v) is 5.01. The summed E-state index contributed by atoms with van der Waals surface area (Å²) in [5.41, 5.74) is 3.94. The van der Waals surface area contributed by atoms with Crippen molar-refractivity contribution < 1.29 is 14.6 Å². The van der Waals surface area contributed by atoms with Crippen molar-refractivity contribution in [2.24, 2.45) is 0 Å². The number of fused-ring (bicyclic) bond motifs is 1. The molecule has 0 unspecified atom stereocenters. The Balaban J connectivity index is 2.19. The molecule has 0 bridgehead atoms. The van der Waals surface area contributed by atoms with E-state index in [9.17, 15) is 9.90 Å². The maximum atomic E-state index is 11.9. The summed E-state index contributed by atoms with van der Waals surface area (Å²) in [7, 11) is 1.86. The molecule has 0 amide bonds. The van der Waals surface area contributed by atoms with Gasteiger partial charge in [0.1, 0.15) is 11.0 Å². The Morgan fingerprint density at radius 3 is 2.63 bits per heavy atom. The van der Waals surface area contributed by atoms with E-state index in [0.717, 1.165) is 11.3 Å². The van der Waals surface area contributed by atoms with Crippen molar-refractivity contribution >= 4 is 34.5 Å². The minimum absolute atomic E-state index is 0.0993. The van der Waals surface area contributed by atoms with Gasteiger partial charge in [-0.05, 0) is 51.0 Å². The maximum Gasteiger partial charge on any atom is 0.358 e. The van der Waals surface area contributed by atoms with Crippen LogP contribution in [0.1, 0.15) is 35.5 Å². The molecule has 0 atom stereocenters. The molecule has 0 aliphatic rings. The van der Waals surface area contributed by atoms with E-state index in [1.165, 1.54) is 5.56 Å². The fourth-order valence-electron chi connectivity index (χ4n) is 3.03. The summed E-state index contributed by atoms with van der Waals surface area (Å²) in [5.74, 6) is -0.186. The zero-order valence-corrected chi connectivity index (χ0v) is 18.1. The highest BCUT2D eigenvalue weighted by molar-refractivity contribution is 6.03. The summed E-state index contributed by atoms with van der Waals surface area (Å²) in [6.45, 7) is 10.0.